The standard InChI is InChI=1S/C23H29FN4O2S/c1-3-25-23(26-15-18-6-10-22(11-7-18)28-12-4-5-13-28)27-16-20-14-21(24)9-8-19(20)17-31(2,29)30/h4-11,14H,3,12-13,15-17H2,1-2H3,(H2,25,26,27). The molecule has 0 saturated carbocycles. The second-order valence-corrected chi connectivity index (χ2v) is 9.71. The SMILES string of the molecule is CCNC(=NCc1ccc(N2CC=CC2)cc1)NCc1cc(F)ccc1CS(C)(=O)=O. The van der Waals surface area contributed by atoms with Crippen molar-refractivity contribution in [3.05, 3.63) is 77.1 Å². The first-order chi connectivity index (χ1) is 14.8. The molecule has 2 aromatic carbocycles. The van der Waals surface area contributed by atoms with E-state index < -0.39 is 15.7 Å². The van der Waals surface area contributed by atoms with E-state index in [4.69, 9.17) is 0 Å². The van der Waals surface area contributed by atoms with Crippen molar-refractivity contribution < 1.29 is 12.8 Å². The zero-order valence-corrected chi connectivity index (χ0v) is 18.8. The van der Waals surface area contributed by atoms with Crippen molar-refractivity contribution >= 4 is 21.5 Å². The summed E-state index contributed by atoms with van der Waals surface area (Å²) in [6.45, 7) is 5.28. The summed E-state index contributed by atoms with van der Waals surface area (Å²) in [4.78, 5) is 6.89. The number of hydrogen-bond donors (Lipinski definition) is 2. The minimum Gasteiger partial charge on any atom is -0.364 e. The molecule has 6 nitrogen and oxygen atoms in total. The van der Waals surface area contributed by atoms with Gasteiger partial charge < -0.3 is 15.5 Å². The van der Waals surface area contributed by atoms with Crippen molar-refractivity contribution in [3.8, 4) is 0 Å². The summed E-state index contributed by atoms with van der Waals surface area (Å²) < 4.78 is 37.1. The molecule has 0 spiro atoms. The van der Waals surface area contributed by atoms with Gasteiger partial charge in [-0.15, -0.1) is 0 Å². The molecule has 0 radical (unpaired) electrons. The van der Waals surface area contributed by atoms with E-state index in [0.29, 0.717) is 30.2 Å². The van der Waals surface area contributed by atoms with Crippen LogP contribution in [0, 0.1) is 5.82 Å². The molecule has 31 heavy (non-hydrogen) atoms. The van der Waals surface area contributed by atoms with Crippen molar-refractivity contribution in [2.75, 3.05) is 30.8 Å². The van der Waals surface area contributed by atoms with Crippen LogP contribution in [0.2, 0.25) is 0 Å². The summed E-state index contributed by atoms with van der Waals surface area (Å²) in [5.74, 6) is 0.0609. The maximum Gasteiger partial charge on any atom is 0.191 e. The first-order valence-corrected chi connectivity index (χ1v) is 12.4. The number of guanidine groups is 1. The second kappa shape index (κ2) is 10.4. The van der Waals surface area contributed by atoms with Gasteiger partial charge in [-0.25, -0.2) is 17.8 Å². The molecule has 1 aliphatic heterocycles. The third kappa shape index (κ3) is 7.10. The molecule has 0 fully saturated rings. The van der Waals surface area contributed by atoms with Gasteiger partial charge in [-0.2, -0.15) is 0 Å². The van der Waals surface area contributed by atoms with E-state index in [1.165, 1.54) is 30.1 Å². The second-order valence-electron chi connectivity index (χ2n) is 7.57. The zero-order valence-electron chi connectivity index (χ0n) is 17.9. The summed E-state index contributed by atoms with van der Waals surface area (Å²) in [7, 11) is -3.22. The number of hydrogen-bond acceptors (Lipinski definition) is 4. The molecule has 3 rings (SSSR count). The highest BCUT2D eigenvalue weighted by Gasteiger charge is 2.11. The lowest BCUT2D eigenvalue weighted by Crippen LogP contribution is -2.37. The van der Waals surface area contributed by atoms with Crippen LogP contribution in [0.3, 0.4) is 0 Å². The average Bonchev–Trinajstić information content (AvgIpc) is 3.26. The smallest absolute Gasteiger partial charge is 0.191 e. The summed E-state index contributed by atoms with van der Waals surface area (Å²) in [6.07, 6.45) is 5.49. The van der Waals surface area contributed by atoms with Crippen LogP contribution in [-0.4, -0.2) is 40.3 Å². The lowest BCUT2D eigenvalue weighted by atomic mass is 10.1. The van der Waals surface area contributed by atoms with Gasteiger partial charge in [0.05, 0.1) is 12.3 Å². The lowest BCUT2D eigenvalue weighted by Gasteiger charge is -2.17. The molecule has 1 aliphatic rings. The molecule has 1 heterocycles. The first-order valence-electron chi connectivity index (χ1n) is 10.3. The van der Waals surface area contributed by atoms with E-state index in [1.54, 1.807) is 0 Å². The maximum absolute atomic E-state index is 13.7. The number of anilines is 1. The van der Waals surface area contributed by atoms with Gasteiger partial charge in [0.2, 0.25) is 0 Å². The van der Waals surface area contributed by atoms with Gasteiger partial charge in [0.25, 0.3) is 0 Å². The maximum atomic E-state index is 13.7. The Morgan fingerprint density at radius 2 is 1.77 bits per heavy atom. The molecule has 0 aromatic heterocycles. The van der Waals surface area contributed by atoms with E-state index in [9.17, 15) is 12.8 Å². The fourth-order valence-electron chi connectivity index (χ4n) is 3.37. The molecule has 0 amide bonds. The average molecular weight is 445 g/mol. The topological polar surface area (TPSA) is 73.8 Å². The molecule has 2 N–H and O–H groups in total. The number of benzene rings is 2. The Bertz CT molecular complexity index is 1040. The summed E-state index contributed by atoms with van der Waals surface area (Å²) >= 11 is 0. The third-order valence-electron chi connectivity index (χ3n) is 4.92. The van der Waals surface area contributed by atoms with Gasteiger partial charge in [-0.05, 0) is 47.9 Å². The summed E-state index contributed by atoms with van der Waals surface area (Å²) in [5.41, 5.74) is 3.45. The summed E-state index contributed by atoms with van der Waals surface area (Å²) in [6, 6.07) is 12.5. The number of rotatable bonds is 8. The van der Waals surface area contributed by atoms with E-state index in [-0.39, 0.29) is 12.3 Å². The lowest BCUT2D eigenvalue weighted by molar-refractivity contribution is 0.599. The number of nitrogens with one attached hydrogen (secondary N) is 2. The van der Waals surface area contributed by atoms with Crippen LogP contribution in [0.1, 0.15) is 23.6 Å². The normalized spacial score (nSPS) is 14.2. The summed E-state index contributed by atoms with van der Waals surface area (Å²) in [5, 5.41) is 6.35. The molecule has 2 aromatic rings. The van der Waals surface area contributed by atoms with Gasteiger partial charge in [-0.3, -0.25) is 0 Å². The fraction of sp³-hybridized carbons (Fsp3) is 0.348. The van der Waals surface area contributed by atoms with Crippen LogP contribution in [0.25, 0.3) is 0 Å². The van der Waals surface area contributed by atoms with Crippen LogP contribution in [0.5, 0.6) is 0 Å². The minimum atomic E-state index is -3.22. The highest BCUT2D eigenvalue weighted by atomic mass is 32.2. The number of aliphatic imine (C=N–C) groups is 1. The van der Waals surface area contributed by atoms with Crippen LogP contribution >= 0.6 is 0 Å². The largest absolute Gasteiger partial charge is 0.364 e. The van der Waals surface area contributed by atoms with Crippen molar-refractivity contribution in [2.45, 2.75) is 25.8 Å². The molecule has 0 atom stereocenters. The van der Waals surface area contributed by atoms with Gasteiger partial charge in [0.1, 0.15) is 5.82 Å². The van der Waals surface area contributed by atoms with Gasteiger partial charge in [0, 0.05) is 38.1 Å². The Balaban J connectivity index is 1.66. The van der Waals surface area contributed by atoms with Gasteiger partial charge in [-0.1, -0.05) is 30.4 Å². The van der Waals surface area contributed by atoms with Crippen molar-refractivity contribution in [1.82, 2.24) is 10.6 Å². The molecule has 8 heteroatoms. The Morgan fingerprint density at radius 1 is 1.06 bits per heavy atom. The molecular weight excluding hydrogens is 415 g/mol. The predicted octanol–water partition coefficient (Wildman–Crippen LogP) is 3.00. The number of halogens is 1. The van der Waals surface area contributed by atoms with Crippen LogP contribution in [-0.2, 0) is 28.7 Å². The monoisotopic (exact) mass is 444 g/mol. The van der Waals surface area contributed by atoms with Crippen LogP contribution in [0.4, 0.5) is 10.1 Å². The minimum absolute atomic E-state index is 0.128. The fourth-order valence-corrected chi connectivity index (χ4v) is 4.22. The molecule has 166 valence electrons. The van der Waals surface area contributed by atoms with Crippen molar-refractivity contribution in [3.63, 3.8) is 0 Å². The predicted molar refractivity (Wildman–Crippen MR) is 124 cm³/mol. The first kappa shape index (κ1) is 22.8. The third-order valence-corrected chi connectivity index (χ3v) is 5.75. The number of nitrogens with zero attached hydrogens (tertiary/aromatic N) is 2. The molecule has 0 saturated heterocycles. The van der Waals surface area contributed by atoms with Crippen molar-refractivity contribution in [1.29, 1.82) is 0 Å². The molecule has 0 bridgehead atoms. The Hall–Kier alpha value is -2.87. The van der Waals surface area contributed by atoms with Gasteiger partial charge >= 0.3 is 0 Å². The highest BCUT2D eigenvalue weighted by Crippen LogP contribution is 2.18. The quantitative estimate of drug-likeness (QED) is 0.372. The molecule has 0 aliphatic carbocycles. The zero-order chi connectivity index (χ0) is 22.3. The van der Waals surface area contributed by atoms with Crippen LogP contribution in [0.15, 0.2) is 59.6 Å². The number of sulfone groups is 1. The van der Waals surface area contributed by atoms with E-state index in [2.05, 4.69) is 56.9 Å². The van der Waals surface area contributed by atoms with Gasteiger partial charge in [0.15, 0.2) is 15.8 Å². The Labute approximate surface area is 183 Å². The Morgan fingerprint density at radius 3 is 2.42 bits per heavy atom. The van der Waals surface area contributed by atoms with Crippen LogP contribution < -0.4 is 15.5 Å². The highest BCUT2D eigenvalue weighted by molar-refractivity contribution is 7.89. The van der Waals surface area contributed by atoms with E-state index in [0.717, 1.165) is 18.7 Å². The van der Waals surface area contributed by atoms with E-state index >= 15 is 0 Å². The molecule has 0 unspecified atom stereocenters. The van der Waals surface area contributed by atoms with Crippen molar-refractivity contribution in [2.24, 2.45) is 4.99 Å². The van der Waals surface area contributed by atoms with E-state index in [1.807, 2.05) is 6.92 Å². The Kier molecular flexibility index (Phi) is 7.68. The molecular formula is C23H29FN4O2S.